The lowest BCUT2D eigenvalue weighted by molar-refractivity contribution is -0.159. The van der Waals surface area contributed by atoms with Gasteiger partial charge in [0.2, 0.25) is 5.91 Å². The van der Waals surface area contributed by atoms with Crippen LogP contribution in [0.25, 0.3) is 11.1 Å². The van der Waals surface area contributed by atoms with Crippen molar-refractivity contribution < 1.29 is 23.5 Å². The maximum atomic E-state index is 14.1. The summed E-state index contributed by atoms with van der Waals surface area (Å²) in [6.45, 7) is -0.0155. The van der Waals surface area contributed by atoms with E-state index in [4.69, 9.17) is 0 Å². The number of piperazine rings is 1. The van der Waals surface area contributed by atoms with E-state index in [-0.39, 0.29) is 55.0 Å². The summed E-state index contributed by atoms with van der Waals surface area (Å²) in [4.78, 5) is 28.8. The Morgan fingerprint density at radius 1 is 1.00 bits per heavy atom. The first-order valence-corrected chi connectivity index (χ1v) is 10.8. The molecule has 2 amide bonds. The Hall–Kier alpha value is -3.58. The molecule has 0 bridgehead atoms. The number of nitrogens with zero attached hydrogens (tertiary/aromatic N) is 2. The Morgan fingerprint density at radius 3 is 2.45 bits per heavy atom. The number of carbonyl (C=O) groups excluding carboxylic acids is 2. The number of hydrogen-bond donors (Lipinski definition) is 1. The summed E-state index contributed by atoms with van der Waals surface area (Å²) < 4.78 is 27.7. The van der Waals surface area contributed by atoms with E-state index in [2.05, 4.69) is 0 Å². The van der Waals surface area contributed by atoms with Crippen molar-refractivity contribution in [3.8, 4) is 11.1 Å². The Balaban J connectivity index is 1.40. The molecule has 7 heteroatoms. The Morgan fingerprint density at radius 2 is 1.76 bits per heavy atom. The van der Waals surface area contributed by atoms with E-state index < -0.39 is 11.7 Å². The molecule has 0 aromatic heterocycles. The van der Waals surface area contributed by atoms with E-state index in [9.17, 15) is 23.5 Å². The number of amides is 2. The second kappa shape index (κ2) is 8.41. The van der Waals surface area contributed by atoms with Crippen LogP contribution in [0.1, 0.15) is 21.8 Å². The third-order valence-electron chi connectivity index (χ3n) is 6.59. The fourth-order valence-corrected chi connectivity index (χ4v) is 5.04. The van der Waals surface area contributed by atoms with Crippen LogP contribution in [-0.4, -0.2) is 58.5 Å². The molecule has 0 spiro atoms. The fraction of sp³-hybridized carbons (Fsp3) is 0.231. The molecule has 0 unspecified atom stereocenters. The van der Waals surface area contributed by atoms with Crippen molar-refractivity contribution in [1.29, 1.82) is 0 Å². The summed E-state index contributed by atoms with van der Waals surface area (Å²) in [6, 6.07) is 18.7. The molecule has 2 fully saturated rings. The fourth-order valence-electron chi connectivity index (χ4n) is 5.04. The molecule has 2 heterocycles. The second-order valence-corrected chi connectivity index (χ2v) is 8.44. The van der Waals surface area contributed by atoms with Crippen molar-refractivity contribution in [1.82, 2.24) is 9.80 Å². The molecule has 168 valence electrons. The maximum Gasteiger partial charge on any atom is 0.254 e. The molecule has 3 atom stereocenters. The summed E-state index contributed by atoms with van der Waals surface area (Å²) in [5, 5.41) is 9.96. The number of rotatable bonds is 4. The highest BCUT2D eigenvalue weighted by atomic mass is 19.1. The maximum absolute atomic E-state index is 14.1. The lowest BCUT2D eigenvalue weighted by Crippen LogP contribution is -2.73. The Labute approximate surface area is 189 Å². The van der Waals surface area contributed by atoms with Gasteiger partial charge in [-0.15, -0.1) is 0 Å². The number of benzene rings is 3. The van der Waals surface area contributed by atoms with Gasteiger partial charge in [-0.05, 0) is 35.4 Å². The van der Waals surface area contributed by atoms with Crippen molar-refractivity contribution in [2.45, 2.75) is 18.0 Å². The van der Waals surface area contributed by atoms with Crippen LogP contribution in [0.15, 0.2) is 72.8 Å². The van der Waals surface area contributed by atoms with Gasteiger partial charge in [-0.25, -0.2) is 8.78 Å². The monoisotopic (exact) mass is 448 g/mol. The normalized spacial score (nSPS) is 22.0. The minimum atomic E-state index is -0.511. The summed E-state index contributed by atoms with van der Waals surface area (Å²) in [7, 11) is 0. The van der Waals surface area contributed by atoms with Gasteiger partial charge >= 0.3 is 0 Å². The molecule has 3 aromatic rings. The lowest BCUT2D eigenvalue weighted by Gasteiger charge is -2.58. The highest BCUT2D eigenvalue weighted by Crippen LogP contribution is 2.43. The third kappa shape index (κ3) is 3.68. The van der Waals surface area contributed by atoms with E-state index in [0.717, 1.165) is 17.2 Å². The highest BCUT2D eigenvalue weighted by Gasteiger charge is 2.54. The quantitative estimate of drug-likeness (QED) is 0.665. The number of hydrogen-bond acceptors (Lipinski definition) is 3. The molecular formula is C26H22F2N2O3. The van der Waals surface area contributed by atoms with Crippen LogP contribution in [0.4, 0.5) is 8.78 Å². The lowest BCUT2D eigenvalue weighted by atomic mass is 9.73. The van der Waals surface area contributed by atoms with Crippen LogP contribution in [0.5, 0.6) is 0 Å². The van der Waals surface area contributed by atoms with Gasteiger partial charge in [0, 0.05) is 23.6 Å². The SMILES string of the molecule is O=C(c1cccc(F)c1)N1CC(=O)N2[C@H](CO)[C@@H](c3ccc(-c4ccccc4F)cc3)[C@H]2C1. The Bertz CT molecular complexity index is 1210. The smallest absolute Gasteiger partial charge is 0.254 e. The van der Waals surface area contributed by atoms with Crippen molar-refractivity contribution >= 4 is 11.8 Å². The van der Waals surface area contributed by atoms with Crippen LogP contribution in [-0.2, 0) is 4.79 Å². The number of fused-ring (bicyclic) bond motifs is 1. The molecule has 5 rings (SSSR count). The standard InChI is InChI=1S/C26H22F2N2O3/c27-19-5-3-4-18(12-19)26(33)29-13-22-25(23(15-31)30(22)24(32)14-29)17-10-8-16(9-11-17)20-6-1-2-7-21(20)28/h1-12,22-23,25,31H,13-15H2/t22-,23-,25+/m1/s1. The van der Waals surface area contributed by atoms with Gasteiger partial charge in [0.1, 0.15) is 18.2 Å². The van der Waals surface area contributed by atoms with E-state index in [0.29, 0.717) is 5.56 Å². The molecule has 0 saturated carbocycles. The molecule has 2 aliphatic heterocycles. The number of aliphatic hydroxyl groups is 1. The zero-order chi connectivity index (χ0) is 23.1. The Kier molecular flexibility index (Phi) is 5.42. The second-order valence-electron chi connectivity index (χ2n) is 8.44. The summed E-state index contributed by atoms with van der Waals surface area (Å²) >= 11 is 0. The minimum Gasteiger partial charge on any atom is -0.394 e. The topological polar surface area (TPSA) is 60.9 Å². The van der Waals surface area contributed by atoms with Gasteiger partial charge in [0.25, 0.3) is 5.91 Å². The van der Waals surface area contributed by atoms with Gasteiger partial charge in [-0.3, -0.25) is 9.59 Å². The predicted molar refractivity (Wildman–Crippen MR) is 118 cm³/mol. The van der Waals surface area contributed by atoms with Gasteiger partial charge in [0.05, 0.1) is 18.7 Å². The molecule has 2 aliphatic rings. The van der Waals surface area contributed by atoms with Gasteiger partial charge in [0.15, 0.2) is 0 Å². The molecule has 3 aromatic carbocycles. The van der Waals surface area contributed by atoms with Gasteiger partial charge < -0.3 is 14.9 Å². The van der Waals surface area contributed by atoms with Crippen LogP contribution in [0.3, 0.4) is 0 Å². The summed E-state index contributed by atoms with van der Waals surface area (Å²) in [5.74, 6) is -1.63. The van der Waals surface area contributed by atoms with Gasteiger partial charge in [-0.2, -0.15) is 0 Å². The molecule has 2 saturated heterocycles. The van der Waals surface area contributed by atoms with E-state index in [1.165, 1.54) is 29.2 Å². The molecule has 1 N–H and O–H groups in total. The molecule has 0 radical (unpaired) electrons. The van der Waals surface area contributed by atoms with E-state index in [1.807, 2.05) is 24.3 Å². The first-order valence-electron chi connectivity index (χ1n) is 10.8. The van der Waals surface area contributed by atoms with Crippen LogP contribution in [0.2, 0.25) is 0 Å². The zero-order valence-electron chi connectivity index (χ0n) is 17.7. The summed E-state index contributed by atoms with van der Waals surface area (Å²) in [5.41, 5.74) is 2.33. The molecule has 0 aliphatic carbocycles. The average molecular weight is 448 g/mol. The van der Waals surface area contributed by atoms with Gasteiger partial charge in [-0.1, -0.05) is 48.5 Å². The molecule has 33 heavy (non-hydrogen) atoms. The summed E-state index contributed by atoms with van der Waals surface area (Å²) in [6.07, 6.45) is 0. The average Bonchev–Trinajstić information content (AvgIpc) is 2.81. The number of aliphatic hydroxyl groups excluding tert-OH is 1. The first kappa shape index (κ1) is 21.3. The van der Waals surface area contributed by atoms with Crippen molar-refractivity contribution in [2.24, 2.45) is 0 Å². The molecular weight excluding hydrogens is 426 g/mol. The highest BCUT2D eigenvalue weighted by molar-refractivity contribution is 5.97. The van der Waals surface area contributed by atoms with Crippen LogP contribution >= 0.6 is 0 Å². The third-order valence-corrected chi connectivity index (χ3v) is 6.59. The molecule has 5 nitrogen and oxygen atoms in total. The minimum absolute atomic E-state index is 0.110. The van der Waals surface area contributed by atoms with E-state index in [1.54, 1.807) is 23.1 Å². The van der Waals surface area contributed by atoms with Crippen molar-refractivity contribution in [3.05, 3.63) is 95.6 Å². The van der Waals surface area contributed by atoms with Crippen molar-refractivity contribution in [3.63, 3.8) is 0 Å². The van der Waals surface area contributed by atoms with Crippen LogP contribution < -0.4 is 0 Å². The largest absolute Gasteiger partial charge is 0.394 e. The van der Waals surface area contributed by atoms with Crippen LogP contribution in [0, 0.1) is 11.6 Å². The van der Waals surface area contributed by atoms with Crippen molar-refractivity contribution in [2.75, 3.05) is 19.7 Å². The van der Waals surface area contributed by atoms with E-state index >= 15 is 0 Å². The zero-order valence-corrected chi connectivity index (χ0v) is 17.7. The first-order chi connectivity index (χ1) is 16.0. The number of carbonyl (C=O) groups is 2. The predicted octanol–water partition coefficient (Wildman–Crippen LogP) is 3.44. The number of halogens is 2.